The first-order valence-corrected chi connectivity index (χ1v) is 6.69. The molecule has 0 radical (unpaired) electrons. The minimum atomic E-state index is -3.05. The average Bonchev–Trinajstić information content (AvgIpc) is 2.96. The predicted molar refractivity (Wildman–Crippen MR) is 72.4 cm³/mol. The van der Waals surface area contributed by atoms with Crippen molar-refractivity contribution in [3.63, 3.8) is 0 Å². The number of alkyl halides is 2. The van der Waals surface area contributed by atoms with Crippen LogP contribution in [0.1, 0.15) is 0 Å². The molecule has 21 heavy (non-hydrogen) atoms. The molecule has 0 spiro atoms. The Bertz CT molecular complexity index is 611. The summed E-state index contributed by atoms with van der Waals surface area (Å²) in [4.78, 5) is 12.0. The molecule has 0 aromatic carbocycles. The second-order valence-electron chi connectivity index (χ2n) is 5.11. The highest BCUT2D eigenvalue weighted by Crippen LogP contribution is 2.23. The summed E-state index contributed by atoms with van der Waals surface area (Å²) in [6.07, 6.45) is 3.12. The summed E-state index contributed by atoms with van der Waals surface area (Å²) in [6, 6.07) is 0. The standard InChI is InChI=1S/C12H16F2N6O/c13-12(14,7-21)6-19-1-3-20(4-2-19)11-9-5-17-18-10(9)15-8-16-11/h5,8,21H,1-4,6-7H2,(H,15,16,17,18). The highest BCUT2D eigenvalue weighted by Gasteiger charge is 2.32. The number of aliphatic hydroxyl groups excluding tert-OH is 1. The van der Waals surface area contributed by atoms with Crippen molar-refractivity contribution in [2.75, 3.05) is 44.2 Å². The fourth-order valence-electron chi connectivity index (χ4n) is 2.50. The Morgan fingerprint density at radius 2 is 2.00 bits per heavy atom. The van der Waals surface area contributed by atoms with E-state index in [2.05, 4.69) is 20.2 Å². The lowest BCUT2D eigenvalue weighted by Crippen LogP contribution is -2.50. The van der Waals surface area contributed by atoms with Crippen LogP contribution < -0.4 is 4.90 Å². The van der Waals surface area contributed by atoms with Crippen LogP contribution in [0.3, 0.4) is 0 Å². The average molecular weight is 298 g/mol. The Labute approximate surface area is 119 Å². The summed E-state index contributed by atoms with van der Waals surface area (Å²) < 4.78 is 26.4. The van der Waals surface area contributed by atoms with Crippen LogP contribution in [0.2, 0.25) is 0 Å². The predicted octanol–water partition coefficient (Wildman–Crippen LogP) is 0.102. The van der Waals surface area contributed by atoms with Crippen LogP contribution in [0, 0.1) is 0 Å². The molecule has 1 saturated heterocycles. The van der Waals surface area contributed by atoms with Gasteiger partial charge >= 0.3 is 0 Å². The number of aliphatic hydroxyl groups is 1. The minimum Gasteiger partial charge on any atom is -0.390 e. The van der Waals surface area contributed by atoms with Crippen molar-refractivity contribution in [2.45, 2.75) is 5.92 Å². The van der Waals surface area contributed by atoms with Gasteiger partial charge in [0.2, 0.25) is 0 Å². The van der Waals surface area contributed by atoms with Crippen LogP contribution in [0.15, 0.2) is 12.5 Å². The minimum absolute atomic E-state index is 0.414. The van der Waals surface area contributed by atoms with Crippen LogP contribution in [0.4, 0.5) is 14.6 Å². The lowest BCUT2D eigenvalue weighted by atomic mass is 10.2. The summed E-state index contributed by atoms with van der Waals surface area (Å²) in [5.74, 6) is -2.28. The lowest BCUT2D eigenvalue weighted by Gasteiger charge is -2.36. The molecule has 2 aromatic rings. The second-order valence-corrected chi connectivity index (χ2v) is 5.11. The van der Waals surface area contributed by atoms with Crippen LogP contribution in [-0.4, -0.2) is 75.4 Å². The van der Waals surface area contributed by atoms with E-state index in [0.29, 0.717) is 31.8 Å². The number of hydrogen-bond acceptors (Lipinski definition) is 6. The number of aromatic nitrogens is 4. The topological polar surface area (TPSA) is 81.2 Å². The molecular weight excluding hydrogens is 282 g/mol. The molecule has 7 nitrogen and oxygen atoms in total. The van der Waals surface area contributed by atoms with Gasteiger partial charge in [-0.05, 0) is 0 Å². The Morgan fingerprint density at radius 3 is 2.71 bits per heavy atom. The van der Waals surface area contributed by atoms with Crippen molar-refractivity contribution in [3.8, 4) is 0 Å². The molecule has 0 bridgehead atoms. The number of fused-ring (bicyclic) bond motifs is 1. The number of hydrogen-bond donors (Lipinski definition) is 2. The van der Waals surface area contributed by atoms with Crippen LogP contribution in [0.25, 0.3) is 11.0 Å². The molecule has 3 rings (SSSR count). The van der Waals surface area contributed by atoms with Gasteiger partial charge in [0.25, 0.3) is 5.92 Å². The Hall–Kier alpha value is -1.87. The molecule has 0 aliphatic carbocycles. The number of halogens is 2. The zero-order chi connectivity index (χ0) is 14.9. The van der Waals surface area contributed by atoms with Gasteiger partial charge in [-0.3, -0.25) is 10.00 Å². The van der Waals surface area contributed by atoms with Crippen molar-refractivity contribution in [1.29, 1.82) is 0 Å². The largest absolute Gasteiger partial charge is 0.390 e. The van der Waals surface area contributed by atoms with Gasteiger partial charge in [-0.25, -0.2) is 18.7 Å². The van der Waals surface area contributed by atoms with Gasteiger partial charge in [-0.1, -0.05) is 0 Å². The van der Waals surface area contributed by atoms with Crippen LogP contribution >= 0.6 is 0 Å². The first-order chi connectivity index (χ1) is 10.1. The maximum atomic E-state index is 13.2. The summed E-state index contributed by atoms with van der Waals surface area (Å²) in [7, 11) is 0. The van der Waals surface area contributed by atoms with Crippen molar-refractivity contribution >= 4 is 16.9 Å². The van der Waals surface area contributed by atoms with E-state index in [4.69, 9.17) is 5.11 Å². The number of aromatic amines is 1. The van der Waals surface area contributed by atoms with Gasteiger partial charge in [0.05, 0.1) is 18.1 Å². The summed E-state index contributed by atoms with van der Waals surface area (Å²) in [5.41, 5.74) is 0.661. The second kappa shape index (κ2) is 5.49. The van der Waals surface area contributed by atoms with E-state index in [1.165, 1.54) is 6.33 Å². The van der Waals surface area contributed by atoms with Crippen LogP contribution in [-0.2, 0) is 0 Å². The molecule has 9 heteroatoms. The summed E-state index contributed by atoms with van der Waals surface area (Å²) >= 11 is 0. The van der Waals surface area contributed by atoms with E-state index in [9.17, 15) is 8.78 Å². The Kier molecular flexibility index (Phi) is 3.68. The number of rotatable bonds is 4. The van der Waals surface area contributed by atoms with Crippen molar-refractivity contribution in [3.05, 3.63) is 12.5 Å². The zero-order valence-electron chi connectivity index (χ0n) is 11.3. The van der Waals surface area contributed by atoms with E-state index >= 15 is 0 Å². The highest BCUT2D eigenvalue weighted by molar-refractivity contribution is 5.86. The van der Waals surface area contributed by atoms with Crippen molar-refractivity contribution in [2.24, 2.45) is 0 Å². The SMILES string of the molecule is OCC(F)(F)CN1CCN(c2ncnc3[nH]ncc23)CC1. The molecule has 2 N–H and O–H groups in total. The lowest BCUT2D eigenvalue weighted by molar-refractivity contribution is -0.0733. The summed E-state index contributed by atoms with van der Waals surface area (Å²) in [6.45, 7) is 0.659. The molecule has 3 heterocycles. The molecular formula is C12H16F2N6O. The molecule has 2 aromatic heterocycles. The Morgan fingerprint density at radius 1 is 1.24 bits per heavy atom. The molecule has 0 saturated carbocycles. The van der Waals surface area contributed by atoms with Gasteiger partial charge in [0, 0.05) is 26.2 Å². The van der Waals surface area contributed by atoms with E-state index < -0.39 is 19.1 Å². The molecule has 1 aliphatic rings. The number of piperazine rings is 1. The van der Waals surface area contributed by atoms with E-state index in [1.807, 2.05) is 4.90 Å². The maximum absolute atomic E-state index is 13.2. The first-order valence-electron chi connectivity index (χ1n) is 6.69. The van der Waals surface area contributed by atoms with Gasteiger partial charge in [-0.15, -0.1) is 0 Å². The third-order valence-corrected chi connectivity index (χ3v) is 3.59. The number of nitrogens with zero attached hydrogens (tertiary/aromatic N) is 5. The van der Waals surface area contributed by atoms with E-state index in [-0.39, 0.29) is 0 Å². The number of H-pyrrole nitrogens is 1. The van der Waals surface area contributed by atoms with E-state index in [1.54, 1.807) is 11.1 Å². The normalized spacial score (nSPS) is 17.6. The van der Waals surface area contributed by atoms with Gasteiger partial charge in [0.15, 0.2) is 5.65 Å². The fraction of sp³-hybridized carbons (Fsp3) is 0.583. The number of anilines is 1. The third kappa shape index (κ3) is 2.93. The summed E-state index contributed by atoms with van der Waals surface area (Å²) in [5, 5.41) is 16.2. The quantitative estimate of drug-likeness (QED) is 0.833. The monoisotopic (exact) mass is 298 g/mol. The van der Waals surface area contributed by atoms with Gasteiger partial charge in [0.1, 0.15) is 18.8 Å². The zero-order valence-corrected chi connectivity index (χ0v) is 11.3. The molecule has 0 atom stereocenters. The fourth-order valence-corrected chi connectivity index (χ4v) is 2.50. The molecule has 1 aliphatic heterocycles. The maximum Gasteiger partial charge on any atom is 0.283 e. The first kappa shape index (κ1) is 14.1. The molecule has 1 fully saturated rings. The van der Waals surface area contributed by atoms with E-state index in [0.717, 1.165) is 11.2 Å². The van der Waals surface area contributed by atoms with Crippen LogP contribution in [0.5, 0.6) is 0 Å². The Balaban J connectivity index is 1.67. The smallest absolute Gasteiger partial charge is 0.283 e. The van der Waals surface area contributed by atoms with Crippen molar-refractivity contribution < 1.29 is 13.9 Å². The highest BCUT2D eigenvalue weighted by atomic mass is 19.3. The molecule has 0 unspecified atom stereocenters. The van der Waals surface area contributed by atoms with Crippen molar-refractivity contribution in [1.82, 2.24) is 25.1 Å². The third-order valence-electron chi connectivity index (χ3n) is 3.59. The van der Waals surface area contributed by atoms with Gasteiger partial charge < -0.3 is 10.0 Å². The van der Waals surface area contributed by atoms with Gasteiger partial charge in [-0.2, -0.15) is 5.10 Å². The number of nitrogens with one attached hydrogen (secondary N) is 1. The molecule has 0 amide bonds. The molecule has 114 valence electrons.